The second kappa shape index (κ2) is 7.11. The predicted molar refractivity (Wildman–Crippen MR) is 83.7 cm³/mol. The van der Waals surface area contributed by atoms with Gasteiger partial charge in [0.05, 0.1) is 26.7 Å². The van der Waals surface area contributed by atoms with Crippen molar-refractivity contribution in [2.45, 2.75) is 0 Å². The molecule has 22 heavy (non-hydrogen) atoms. The SMILES string of the molecule is O=C(COc1cccc([N+](=O)[O-])c1)Nc1c(Cl)cccc1Cl. The Morgan fingerprint density at radius 3 is 2.45 bits per heavy atom. The van der Waals surface area contributed by atoms with Crippen LogP contribution >= 0.6 is 23.2 Å². The zero-order valence-corrected chi connectivity index (χ0v) is 12.6. The number of nitro benzene ring substituents is 1. The quantitative estimate of drug-likeness (QED) is 0.660. The van der Waals surface area contributed by atoms with Crippen LogP contribution in [0.15, 0.2) is 42.5 Å². The van der Waals surface area contributed by atoms with E-state index in [4.69, 9.17) is 27.9 Å². The zero-order chi connectivity index (χ0) is 16.1. The molecule has 0 aliphatic carbocycles. The number of rotatable bonds is 5. The number of nitrogens with zero attached hydrogens (tertiary/aromatic N) is 1. The molecule has 0 unspecified atom stereocenters. The van der Waals surface area contributed by atoms with Gasteiger partial charge >= 0.3 is 0 Å². The van der Waals surface area contributed by atoms with Crippen molar-refractivity contribution in [3.05, 3.63) is 62.6 Å². The van der Waals surface area contributed by atoms with Gasteiger partial charge in [-0.3, -0.25) is 14.9 Å². The number of halogens is 2. The molecule has 0 bridgehead atoms. The van der Waals surface area contributed by atoms with E-state index in [1.54, 1.807) is 18.2 Å². The molecule has 2 rings (SSSR count). The van der Waals surface area contributed by atoms with Gasteiger partial charge in [0.2, 0.25) is 0 Å². The summed E-state index contributed by atoms with van der Waals surface area (Å²) < 4.78 is 5.21. The third kappa shape index (κ3) is 4.09. The van der Waals surface area contributed by atoms with Crippen LogP contribution in [0.1, 0.15) is 0 Å². The first-order valence-corrected chi connectivity index (χ1v) is 6.84. The Bertz CT molecular complexity index is 701. The molecule has 0 heterocycles. The number of anilines is 1. The number of nitro groups is 1. The highest BCUT2D eigenvalue weighted by Gasteiger charge is 2.11. The van der Waals surface area contributed by atoms with Gasteiger partial charge in [-0.25, -0.2) is 0 Å². The number of carbonyl (C=O) groups excluding carboxylic acids is 1. The number of non-ortho nitro benzene ring substituents is 1. The summed E-state index contributed by atoms with van der Waals surface area (Å²) in [5, 5.41) is 13.8. The second-order valence-corrected chi connectivity index (χ2v) is 5.00. The third-order valence-electron chi connectivity index (χ3n) is 2.63. The highest BCUT2D eigenvalue weighted by molar-refractivity contribution is 6.39. The van der Waals surface area contributed by atoms with Gasteiger partial charge < -0.3 is 10.1 Å². The molecule has 0 aliphatic rings. The first-order valence-electron chi connectivity index (χ1n) is 6.08. The maximum absolute atomic E-state index is 11.8. The normalized spacial score (nSPS) is 10.1. The molecule has 0 spiro atoms. The number of hydrogen-bond donors (Lipinski definition) is 1. The van der Waals surface area contributed by atoms with Gasteiger partial charge in [-0.05, 0) is 18.2 Å². The molecule has 0 saturated heterocycles. The summed E-state index contributed by atoms with van der Waals surface area (Å²) in [6.07, 6.45) is 0. The molecule has 0 aromatic heterocycles. The highest BCUT2D eigenvalue weighted by atomic mass is 35.5. The average molecular weight is 341 g/mol. The van der Waals surface area contributed by atoms with E-state index in [0.717, 1.165) is 0 Å². The topological polar surface area (TPSA) is 81.5 Å². The van der Waals surface area contributed by atoms with Crippen molar-refractivity contribution < 1.29 is 14.5 Å². The van der Waals surface area contributed by atoms with Crippen LogP contribution in [0.5, 0.6) is 5.75 Å². The van der Waals surface area contributed by atoms with Gasteiger partial charge in [0.15, 0.2) is 6.61 Å². The van der Waals surface area contributed by atoms with Crippen LogP contribution in [0.25, 0.3) is 0 Å². The van der Waals surface area contributed by atoms with Gasteiger partial charge in [-0.15, -0.1) is 0 Å². The molecule has 1 amide bonds. The summed E-state index contributed by atoms with van der Waals surface area (Å²) in [4.78, 5) is 21.9. The Balaban J connectivity index is 1.99. The number of ether oxygens (including phenoxy) is 1. The molecule has 0 saturated carbocycles. The molecular formula is C14H10Cl2N2O4. The smallest absolute Gasteiger partial charge is 0.273 e. The van der Waals surface area contributed by atoms with E-state index >= 15 is 0 Å². The van der Waals surface area contributed by atoms with E-state index < -0.39 is 10.8 Å². The zero-order valence-electron chi connectivity index (χ0n) is 11.1. The minimum absolute atomic E-state index is 0.118. The average Bonchev–Trinajstić information content (AvgIpc) is 2.49. The highest BCUT2D eigenvalue weighted by Crippen LogP contribution is 2.29. The number of nitrogens with one attached hydrogen (secondary N) is 1. The van der Waals surface area contributed by atoms with Crippen molar-refractivity contribution in [3.8, 4) is 5.75 Å². The molecular weight excluding hydrogens is 331 g/mol. The summed E-state index contributed by atoms with van der Waals surface area (Å²) in [6, 6.07) is 10.4. The fourth-order valence-corrected chi connectivity index (χ4v) is 2.12. The number of amides is 1. The maximum atomic E-state index is 11.8. The molecule has 0 aliphatic heterocycles. The Labute approximate surface area is 135 Å². The number of hydrogen-bond acceptors (Lipinski definition) is 4. The summed E-state index contributed by atoms with van der Waals surface area (Å²) in [5.74, 6) is -0.267. The van der Waals surface area contributed by atoms with Crippen LogP contribution < -0.4 is 10.1 Å². The lowest BCUT2D eigenvalue weighted by atomic mass is 10.3. The number of para-hydroxylation sites is 1. The van der Waals surface area contributed by atoms with E-state index in [2.05, 4.69) is 5.32 Å². The van der Waals surface area contributed by atoms with Gasteiger partial charge in [-0.2, -0.15) is 0 Å². The Kier molecular flexibility index (Phi) is 5.19. The molecule has 6 nitrogen and oxygen atoms in total. The largest absolute Gasteiger partial charge is 0.484 e. The summed E-state index contributed by atoms with van der Waals surface area (Å²) in [6.45, 7) is -0.331. The van der Waals surface area contributed by atoms with Crippen LogP contribution in [0.3, 0.4) is 0 Å². The van der Waals surface area contributed by atoms with E-state index in [9.17, 15) is 14.9 Å². The Hall–Kier alpha value is -2.31. The molecule has 2 aromatic carbocycles. The number of benzene rings is 2. The van der Waals surface area contributed by atoms with Crippen LogP contribution in [0.2, 0.25) is 10.0 Å². The summed E-state index contributed by atoms with van der Waals surface area (Å²) >= 11 is 11.9. The first kappa shape index (κ1) is 16.1. The predicted octanol–water partition coefficient (Wildman–Crippen LogP) is 3.92. The van der Waals surface area contributed by atoms with E-state index in [1.807, 2.05) is 0 Å². The van der Waals surface area contributed by atoms with Crippen LogP contribution in [-0.4, -0.2) is 17.4 Å². The summed E-state index contributed by atoms with van der Waals surface area (Å²) in [7, 11) is 0. The van der Waals surface area contributed by atoms with Gasteiger partial charge in [0.1, 0.15) is 5.75 Å². The molecule has 8 heteroatoms. The lowest BCUT2D eigenvalue weighted by Crippen LogP contribution is -2.20. The monoisotopic (exact) mass is 340 g/mol. The van der Waals surface area contributed by atoms with Crippen molar-refractivity contribution in [3.63, 3.8) is 0 Å². The molecule has 114 valence electrons. The van der Waals surface area contributed by atoms with Crippen molar-refractivity contribution in [1.82, 2.24) is 0 Å². The van der Waals surface area contributed by atoms with E-state index in [1.165, 1.54) is 24.3 Å². The molecule has 0 atom stereocenters. The Morgan fingerprint density at radius 1 is 1.18 bits per heavy atom. The molecule has 2 aromatic rings. The van der Waals surface area contributed by atoms with Gasteiger partial charge in [0.25, 0.3) is 11.6 Å². The minimum Gasteiger partial charge on any atom is -0.484 e. The first-order chi connectivity index (χ1) is 10.5. The fraction of sp³-hybridized carbons (Fsp3) is 0.0714. The van der Waals surface area contributed by atoms with Gasteiger partial charge in [0, 0.05) is 6.07 Å². The fourth-order valence-electron chi connectivity index (χ4n) is 1.63. The van der Waals surface area contributed by atoms with Crippen molar-refractivity contribution >= 4 is 40.5 Å². The van der Waals surface area contributed by atoms with Crippen molar-refractivity contribution in [1.29, 1.82) is 0 Å². The second-order valence-electron chi connectivity index (χ2n) is 4.19. The molecule has 0 radical (unpaired) electrons. The van der Waals surface area contributed by atoms with Gasteiger partial charge in [-0.1, -0.05) is 35.3 Å². The van der Waals surface area contributed by atoms with Crippen LogP contribution in [0.4, 0.5) is 11.4 Å². The Morgan fingerprint density at radius 2 is 1.82 bits per heavy atom. The van der Waals surface area contributed by atoms with E-state index in [0.29, 0.717) is 15.7 Å². The molecule has 1 N–H and O–H groups in total. The third-order valence-corrected chi connectivity index (χ3v) is 3.26. The van der Waals surface area contributed by atoms with Crippen molar-refractivity contribution in [2.75, 3.05) is 11.9 Å². The minimum atomic E-state index is -0.545. The lowest BCUT2D eigenvalue weighted by molar-refractivity contribution is -0.384. The van der Waals surface area contributed by atoms with Crippen LogP contribution in [-0.2, 0) is 4.79 Å². The number of carbonyl (C=O) groups is 1. The van der Waals surface area contributed by atoms with Crippen LogP contribution in [0, 0.1) is 10.1 Å². The van der Waals surface area contributed by atoms with Crippen molar-refractivity contribution in [2.24, 2.45) is 0 Å². The standard InChI is InChI=1S/C14H10Cl2N2O4/c15-11-5-2-6-12(16)14(11)17-13(19)8-22-10-4-1-3-9(7-10)18(20)21/h1-7H,8H2,(H,17,19). The van der Waals surface area contributed by atoms with E-state index in [-0.39, 0.29) is 18.0 Å². The maximum Gasteiger partial charge on any atom is 0.273 e. The lowest BCUT2D eigenvalue weighted by Gasteiger charge is -2.10. The summed E-state index contributed by atoms with van der Waals surface area (Å²) in [5.41, 5.74) is 0.172. The molecule has 0 fully saturated rings.